The summed E-state index contributed by atoms with van der Waals surface area (Å²) in [5, 5.41) is 9.08. The minimum atomic E-state index is -1.02. The second-order valence-corrected chi connectivity index (χ2v) is 5.84. The summed E-state index contributed by atoms with van der Waals surface area (Å²) in [6.07, 6.45) is 3.10. The van der Waals surface area contributed by atoms with Gasteiger partial charge in [0.05, 0.1) is 17.5 Å². The van der Waals surface area contributed by atoms with Gasteiger partial charge in [0.15, 0.2) is 0 Å². The van der Waals surface area contributed by atoms with Crippen molar-refractivity contribution >= 4 is 29.5 Å². The Morgan fingerprint density at radius 1 is 1.00 bits per heavy atom. The molecule has 27 heavy (non-hydrogen) atoms. The van der Waals surface area contributed by atoms with E-state index in [-0.39, 0.29) is 17.2 Å². The molecular weight excluding hydrogens is 344 g/mol. The standard InChI is InChI=1S/C21H14N2O4/c24-20-18(13-17-7-4-12-27-17)22-19(14-5-2-1-3-6-14)23(20)16-10-8-15(9-11-16)21(25)26/h1-13H,(H,25,26). The summed E-state index contributed by atoms with van der Waals surface area (Å²) in [6, 6.07) is 18.9. The Morgan fingerprint density at radius 3 is 2.37 bits per heavy atom. The number of benzene rings is 2. The molecule has 0 bridgehead atoms. The number of aromatic carboxylic acids is 1. The van der Waals surface area contributed by atoms with Crippen molar-refractivity contribution in [3.8, 4) is 0 Å². The van der Waals surface area contributed by atoms with Crippen molar-refractivity contribution in [3.63, 3.8) is 0 Å². The predicted molar refractivity (Wildman–Crippen MR) is 101 cm³/mol. The van der Waals surface area contributed by atoms with Crippen LogP contribution in [-0.4, -0.2) is 22.8 Å². The van der Waals surface area contributed by atoms with Gasteiger partial charge in [-0.15, -0.1) is 0 Å². The van der Waals surface area contributed by atoms with Crippen LogP contribution in [0.3, 0.4) is 0 Å². The molecule has 1 aliphatic heterocycles. The fourth-order valence-electron chi connectivity index (χ4n) is 2.80. The Morgan fingerprint density at radius 2 is 1.74 bits per heavy atom. The zero-order valence-corrected chi connectivity index (χ0v) is 14.1. The summed E-state index contributed by atoms with van der Waals surface area (Å²) >= 11 is 0. The van der Waals surface area contributed by atoms with Crippen LogP contribution in [0.1, 0.15) is 21.7 Å². The van der Waals surface area contributed by atoms with E-state index in [9.17, 15) is 9.59 Å². The number of nitrogens with zero attached hydrogens (tertiary/aromatic N) is 2. The molecule has 0 spiro atoms. The molecule has 0 fully saturated rings. The van der Waals surface area contributed by atoms with E-state index >= 15 is 0 Å². The molecule has 1 N–H and O–H groups in total. The highest BCUT2D eigenvalue weighted by Gasteiger charge is 2.32. The first-order valence-electron chi connectivity index (χ1n) is 8.20. The molecule has 2 heterocycles. The lowest BCUT2D eigenvalue weighted by atomic mass is 10.1. The molecule has 1 aliphatic rings. The molecule has 0 atom stereocenters. The third-order valence-electron chi connectivity index (χ3n) is 4.09. The lowest BCUT2D eigenvalue weighted by molar-refractivity contribution is -0.113. The number of aliphatic imine (C=N–C) groups is 1. The van der Waals surface area contributed by atoms with E-state index in [4.69, 9.17) is 9.52 Å². The molecule has 1 amide bonds. The lowest BCUT2D eigenvalue weighted by Gasteiger charge is -2.18. The fourth-order valence-corrected chi connectivity index (χ4v) is 2.80. The maximum atomic E-state index is 13.0. The first kappa shape index (κ1) is 16.5. The van der Waals surface area contributed by atoms with Gasteiger partial charge in [-0.05, 0) is 36.4 Å². The summed E-state index contributed by atoms with van der Waals surface area (Å²) in [6.45, 7) is 0. The SMILES string of the molecule is O=C(O)c1ccc(N2C(=O)C(=Cc3ccco3)N=C2c2ccccc2)cc1. The van der Waals surface area contributed by atoms with Crippen molar-refractivity contribution < 1.29 is 19.1 Å². The largest absolute Gasteiger partial charge is 0.478 e. The van der Waals surface area contributed by atoms with Gasteiger partial charge in [-0.1, -0.05) is 30.3 Å². The molecule has 1 aromatic heterocycles. The summed E-state index contributed by atoms with van der Waals surface area (Å²) in [5.41, 5.74) is 1.70. The number of amides is 1. The van der Waals surface area contributed by atoms with Crippen molar-refractivity contribution in [2.45, 2.75) is 0 Å². The van der Waals surface area contributed by atoms with Crippen LogP contribution in [0.2, 0.25) is 0 Å². The second-order valence-electron chi connectivity index (χ2n) is 5.84. The van der Waals surface area contributed by atoms with Crippen molar-refractivity contribution in [3.05, 3.63) is 95.6 Å². The minimum absolute atomic E-state index is 0.148. The average molecular weight is 358 g/mol. The first-order valence-corrected chi connectivity index (χ1v) is 8.20. The predicted octanol–water partition coefficient (Wildman–Crippen LogP) is 3.81. The van der Waals surface area contributed by atoms with E-state index in [1.165, 1.54) is 23.3 Å². The highest BCUT2D eigenvalue weighted by atomic mass is 16.4. The molecule has 132 valence electrons. The Labute approximate surface area is 154 Å². The minimum Gasteiger partial charge on any atom is -0.478 e. The molecule has 0 unspecified atom stereocenters. The zero-order valence-electron chi connectivity index (χ0n) is 14.1. The van der Waals surface area contributed by atoms with Crippen LogP contribution in [0.4, 0.5) is 5.69 Å². The molecule has 0 saturated heterocycles. The van der Waals surface area contributed by atoms with Crippen LogP contribution in [0, 0.1) is 0 Å². The van der Waals surface area contributed by atoms with E-state index < -0.39 is 5.97 Å². The number of carboxylic acid groups (broad SMARTS) is 1. The number of hydrogen-bond acceptors (Lipinski definition) is 4. The molecule has 0 saturated carbocycles. The topological polar surface area (TPSA) is 83.1 Å². The molecule has 6 nitrogen and oxygen atoms in total. The van der Waals surface area contributed by atoms with Gasteiger partial charge in [0.1, 0.15) is 17.3 Å². The maximum absolute atomic E-state index is 13.0. The third-order valence-corrected chi connectivity index (χ3v) is 4.09. The second kappa shape index (κ2) is 6.76. The quantitative estimate of drug-likeness (QED) is 0.719. The van der Waals surface area contributed by atoms with Gasteiger partial charge >= 0.3 is 5.97 Å². The summed E-state index contributed by atoms with van der Waals surface area (Å²) < 4.78 is 5.29. The number of carbonyl (C=O) groups excluding carboxylic acids is 1. The van der Waals surface area contributed by atoms with Crippen molar-refractivity contribution in [2.75, 3.05) is 4.90 Å². The smallest absolute Gasteiger partial charge is 0.335 e. The summed E-state index contributed by atoms with van der Waals surface area (Å²) in [7, 11) is 0. The molecule has 4 rings (SSSR count). The number of furan rings is 1. The first-order chi connectivity index (χ1) is 13.1. The maximum Gasteiger partial charge on any atom is 0.335 e. The highest BCUT2D eigenvalue weighted by Crippen LogP contribution is 2.28. The summed E-state index contributed by atoms with van der Waals surface area (Å²) in [4.78, 5) is 30.1. The molecular formula is C21H14N2O4. The Hall–Kier alpha value is -3.93. The number of amidine groups is 1. The van der Waals surface area contributed by atoms with E-state index in [1.807, 2.05) is 30.3 Å². The van der Waals surface area contributed by atoms with E-state index in [0.717, 1.165) is 5.56 Å². The monoisotopic (exact) mass is 358 g/mol. The Bertz CT molecular complexity index is 1050. The number of anilines is 1. The highest BCUT2D eigenvalue weighted by molar-refractivity contribution is 6.33. The van der Waals surface area contributed by atoms with Crippen LogP contribution in [0.15, 0.2) is 88.1 Å². The van der Waals surface area contributed by atoms with Gasteiger partial charge in [-0.25, -0.2) is 9.79 Å². The van der Waals surface area contributed by atoms with E-state index in [1.54, 1.807) is 30.3 Å². The van der Waals surface area contributed by atoms with Crippen LogP contribution in [0.25, 0.3) is 6.08 Å². The number of rotatable bonds is 4. The van der Waals surface area contributed by atoms with Crippen molar-refractivity contribution in [1.29, 1.82) is 0 Å². The summed E-state index contributed by atoms with van der Waals surface area (Å²) in [5.74, 6) is -0.336. The van der Waals surface area contributed by atoms with Gasteiger partial charge in [-0.2, -0.15) is 0 Å². The van der Waals surface area contributed by atoms with Gasteiger partial charge in [0.2, 0.25) is 0 Å². The fraction of sp³-hybridized carbons (Fsp3) is 0. The molecule has 0 radical (unpaired) electrons. The lowest BCUT2D eigenvalue weighted by Crippen LogP contribution is -2.32. The third kappa shape index (κ3) is 3.16. The van der Waals surface area contributed by atoms with E-state index in [2.05, 4.69) is 4.99 Å². The van der Waals surface area contributed by atoms with Crippen molar-refractivity contribution in [2.24, 2.45) is 4.99 Å². The molecule has 3 aromatic rings. The normalized spacial score (nSPS) is 15.3. The van der Waals surface area contributed by atoms with Gasteiger partial charge < -0.3 is 9.52 Å². The van der Waals surface area contributed by atoms with Crippen LogP contribution < -0.4 is 4.90 Å². The Balaban J connectivity index is 1.80. The number of carboxylic acids is 1. The van der Waals surface area contributed by atoms with E-state index in [0.29, 0.717) is 17.3 Å². The number of hydrogen-bond donors (Lipinski definition) is 1. The average Bonchev–Trinajstić information content (AvgIpc) is 3.31. The van der Waals surface area contributed by atoms with Gasteiger partial charge in [-0.3, -0.25) is 9.69 Å². The molecule has 0 aliphatic carbocycles. The van der Waals surface area contributed by atoms with Crippen LogP contribution in [-0.2, 0) is 4.79 Å². The molecule has 2 aromatic carbocycles. The Kier molecular flexibility index (Phi) is 4.14. The van der Waals surface area contributed by atoms with Gasteiger partial charge in [0, 0.05) is 11.6 Å². The molecule has 6 heteroatoms. The van der Waals surface area contributed by atoms with Gasteiger partial charge in [0.25, 0.3) is 5.91 Å². The zero-order chi connectivity index (χ0) is 18.8. The number of carbonyl (C=O) groups is 2. The van der Waals surface area contributed by atoms with Crippen LogP contribution >= 0.6 is 0 Å². The van der Waals surface area contributed by atoms with Crippen LogP contribution in [0.5, 0.6) is 0 Å². The van der Waals surface area contributed by atoms with Crippen molar-refractivity contribution in [1.82, 2.24) is 0 Å².